The van der Waals surface area contributed by atoms with Gasteiger partial charge in [0, 0.05) is 25.4 Å². The third kappa shape index (κ3) is 5.99. The Bertz CT molecular complexity index is 1030. The summed E-state index contributed by atoms with van der Waals surface area (Å²) in [4.78, 5) is 38.6. The van der Waals surface area contributed by atoms with Gasteiger partial charge in [0.05, 0.1) is 0 Å². The summed E-state index contributed by atoms with van der Waals surface area (Å²) in [7, 11) is 0. The Morgan fingerprint density at radius 2 is 1.77 bits per heavy atom. The van der Waals surface area contributed by atoms with Gasteiger partial charge in [-0.15, -0.1) is 0 Å². The molecule has 2 aromatic rings. The third-order valence-corrected chi connectivity index (χ3v) is 7.55. The van der Waals surface area contributed by atoms with Crippen LogP contribution >= 0.6 is 11.8 Å². The maximum absolute atomic E-state index is 13.2. The average Bonchev–Trinajstić information content (AvgIpc) is 3.46. The average molecular weight is 497 g/mol. The quantitative estimate of drug-likeness (QED) is 0.507. The molecule has 4 rings (SSSR count). The number of benzene rings is 2. The lowest BCUT2D eigenvalue weighted by atomic mass is 9.98. The van der Waals surface area contributed by atoms with Gasteiger partial charge in [0.15, 0.2) is 0 Å². The van der Waals surface area contributed by atoms with E-state index < -0.39 is 18.1 Å². The first-order valence-electron chi connectivity index (χ1n) is 12.1. The largest absolute Gasteiger partial charge is 0.481 e. The Kier molecular flexibility index (Phi) is 8.33. The topological polar surface area (TPSA) is 95.9 Å². The number of alkyl carbamates (subject to hydrolysis) is 1. The van der Waals surface area contributed by atoms with Crippen LogP contribution in [0.15, 0.2) is 48.5 Å². The lowest BCUT2D eigenvalue weighted by Crippen LogP contribution is -2.48. The molecule has 7 nitrogen and oxygen atoms in total. The molecule has 1 aliphatic carbocycles. The van der Waals surface area contributed by atoms with Crippen molar-refractivity contribution in [3.05, 3.63) is 59.7 Å². The second-order valence-electron chi connectivity index (χ2n) is 9.18. The number of carbonyl (C=O) groups excluding carboxylic acids is 2. The van der Waals surface area contributed by atoms with E-state index in [0.717, 1.165) is 34.4 Å². The molecule has 1 heterocycles. The second-order valence-corrected chi connectivity index (χ2v) is 10.2. The van der Waals surface area contributed by atoms with Crippen LogP contribution in [0.2, 0.25) is 0 Å². The Morgan fingerprint density at radius 1 is 1.11 bits per heavy atom. The highest BCUT2D eigenvalue weighted by molar-refractivity contribution is 7.98. The Balaban J connectivity index is 1.36. The van der Waals surface area contributed by atoms with E-state index in [1.165, 1.54) is 0 Å². The van der Waals surface area contributed by atoms with Gasteiger partial charge in [-0.3, -0.25) is 9.59 Å². The van der Waals surface area contributed by atoms with Gasteiger partial charge in [-0.05, 0) is 59.4 Å². The lowest BCUT2D eigenvalue weighted by Gasteiger charge is -2.24. The summed E-state index contributed by atoms with van der Waals surface area (Å²) in [6, 6.07) is 15.7. The number of nitrogens with one attached hydrogen (secondary N) is 1. The number of nitrogens with zero attached hydrogens (tertiary/aromatic N) is 1. The van der Waals surface area contributed by atoms with Crippen LogP contribution in [0.25, 0.3) is 11.1 Å². The molecule has 0 aromatic heterocycles. The summed E-state index contributed by atoms with van der Waals surface area (Å²) >= 11 is 1.62. The van der Waals surface area contributed by atoms with Gasteiger partial charge < -0.3 is 20.1 Å². The van der Waals surface area contributed by atoms with Crippen molar-refractivity contribution in [3.8, 4) is 11.1 Å². The first-order chi connectivity index (χ1) is 17.0. The monoisotopic (exact) mass is 496 g/mol. The number of carboxylic acid groups (broad SMARTS) is 1. The van der Waals surface area contributed by atoms with E-state index >= 15 is 0 Å². The molecule has 2 aromatic carbocycles. The number of aliphatic carboxylic acids is 1. The lowest BCUT2D eigenvalue weighted by molar-refractivity contribution is -0.137. The molecule has 1 fully saturated rings. The van der Waals surface area contributed by atoms with Crippen LogP contribution in [-0.2, 0) is 14.3 Å². The first-order valence-corrected chi connectivity index (χ1v) is 13.5. The van der Waals surface area contributed by atoms with Crippen LogP contribution in [0.1, 0.15) is 42.7 Å². The predicted molar refractivity (Wildman–Crippen MR) is 137 cm³/mol. The van der Waals surface area contributed by atoms with Gasteiger partial charge in [0.1, 0.15) is 12.6 Å². The summed E-state index contributed by atoms with van der Waals surface area (Å²) in [5.41, 5.74) is 4.61. The Hall–Kier alpha value is -3.00. The number of carboxylic acids is 1. The predicted octanol–water partition coefficient (Wildman–Crippen LogP) is 4.36. The molecular weight excluding hydrogens is 464 g/mol. The number of rotatable bonds is 10. The molecule has 0 bridgehead atoms. The van der Waals surface area contributed by atoms with Gasteiger partial charge in [-0.1, -0.05) is 48.5 Å². The SMILES string of the molecule is CSCC[C@@H](NC(=O)OCC1c2ccccc2-c2ccccc21)C(=O)N1CCC(CCC(=O)O)C1. The number of likely N-dealkylation sites (tertiary alicyclic amines) is 1. The molecule has 1 aliphatic heterocycles. The molecule has 8 heteroatoms. The fourth-order valence-corrected chi connectivity index (χ4v) is 5.56. The van der Waals surface area contributed by atoms with E-state index in [-0.39, 0.29) is 30.8 Å². The maximum Gasteiger partial charge on any atom is 0.407 e. The number of fused-ring (bicyclic) bond motifs is 3. The molecule has 0 saturated carbocycles. The summed E-state index contributed by atoms with van der Waals surface area (Å²) in [5.74, 6) is -0.0567. The Labute approximate surface area is 210 Å². The summed E-state index contributed by atoms with van der Waals surface area (Å²) < 4.78 is 5.66. The molecule has 0 spiro atoms. The van der Waals surface area contributed by atoms with Crippen LogP contribution in [0.3, 0.4) is 0 Å². The summed E-state index contributed by atoms with van der Waals surface area (Å²) in [6.45, 7) is 1.32. The first kappa shape index (κ1) is 25.1. The van der Waals surface area contributed by atoms with E-state index in [0.29, 0.717) is 25.9 Å². The van der Waals surface area contributed by atoms with Crippen molar-refractivity contribution in [2.45, 2.75) is 37.6 Å². The van der Waals surface area contributed by atoms with Crippen molar-refractivity contribution in [1.29, 1.82) is 0 Å². The number of hydrogen-bond acceptors (Lipinski definition) is 5. The third-order valence-electron chi connectivity index (χ3n) is 6.91. The van der Waals surface area contributed by atoms with E-state index in [4.69, 9.17) is 9.84 Å². The fourth-order valence-electron chi connectivity index (χ4n) is 5.09. The van der Waals surface area contributed by atoms with Gasteiger partial charge >= 0.3 is 12.1 Å². The smallest absolute Gasteiger partial charge is 0.407 e. The highest BCUT2D eigenvalue weighted by Crippen LogP contribution is 2.44. The molecule has 2 atom stereocenters. The number of amides is 2. The van der Waals surface area contributed by atoms with Crippen molar-refractivity contribution in [2.75, 3.05) is 31.7 Å². The molecule has 1 unspecified atom stereocenters. The van der Waals surface area contributed by atoms with Crippen molar-refractivity contribution in [2.24, 2.45) is 5.92 Å². The van der Waals surface area contributed by atoms with Crippen LogP contribution in [-0.4, -0.2) is 65.7 Å². The molecule has 35 heavy (non-hydrogen) atoms. The molecular formula is C27H32N2O5S. The van der Waals surface area contributed by atoms with Crippen molar-refractivity contribution < 1.29 is 24.2 Å². The zero-order valence-electron chi connectivity index (χ0n) is 19.9. The van der Waals surface area contributed by atoms with E-state index in [2.05, 4.69) is 29.6 Å². The molecule has 1 saturated heterocycles. The molecule has 2 aliphatic rings. The number of carbonyl (C=O) groups is 3. The number of ether oxygens (including phenoxy) is 1. The maximum atomic E-state index is 13.2. The fraction of sp³-hybridized carbons (Fsp3) is 0.444. The van der Waals surface area contributed by atoms with Gasteiger partial charge in [0.2, 0.25) is 5.91 Å². The minimum Gasteiger partial charge on any atom is -0.481 e. The van der Waals surface area contributed by atoms with Gasteiger partial charge in [0.25, 0.3) is 0 Å². The Morgan fingerprint density at radius 3 is 2.40 bits per heavy atom. The zero-order valence-corrected chi connectivity index (χ0v) is 20.8. The normalized spacial score (nSPS) is 17.5. The second kappa shape index (κ2) is 11.6. The van der Waals surface area contributed by atoms with Gasteiger partial charge in [-0.25, -0.2) is 4.79 Å². The molecule has 2 N–H and O–H groups in total. The number of thioether (sulfide) groups is 1. The van der Waals surface area contributed by atoms with E-state index in [1.54, 1.807) is 16.7 Å². The molecule has 186 valence electrons. The summed E-state index contributed by atoms with van der Waals surface area (Å²) in [5, 5.41) is 11.7. The zero-order chi connectivity index (χ0) is 24.8. The minimum absolute atomic E-state index is 0.0397. The van der Waals surface area contributed by atoms with Crippen LogP contribution < -0.4 is 5.32 Å². The van der Waals surface area contributed by atoms with Crippen molar-refractivity contribution >= 4 is 29.7 Å². The minimum atomic E-state index is -0.815. The highest BCUT2D eigenvalue weighted by Gasteiger charge is 2.33. The van der Waals surface area contributed by atoms with Crippen LogP contribution in [0, 0.1) is 5.92 Å². The molecule has 0 radical (unpaired) electrons. The number of hydrogen-bond donors (Lipinski definition) is 2. The van der Waals surface area contributed by atoms with Gasteiger partial charge in [-0.2, -0.15) is 11.8 Å². The standard InChI is InChI=1S/C27H32N2O5S/c1-35-15-13-24(26(32)29-14-12-18(16-29)10-11-25(30)31)28-27(33)34-17-23-21-8-4-2-6-19(21)20-7-3-5-9-22(20)23/h2-9,18,23-24H,10-17H2,1H3,(H,28,33)(H,30,31)/t18?,24-/m1/s1. The van der Waals surface area contributed by atoms with Crippen LogP contribution in [0.5, 0.6) is 0 Å². The van der Waals surface area contributed by atoms with E-state index in [1.807, 2.05) is 30.5 Å². The van der Waals surface area contributed by atoms with Crippen LogP contribution in [0.4, 0.5) is 4.79 Å². The van der Waals surface area contributed by atoms with E-state index in [9.17, 15) is 14.4 Å². The van der Waals surface area contributed by atoms with Crippen molar-refractivity contribution in [3.63, 3.8) is 0 Å². The highest BCUT2D eigenvalue weighted by atomic mass is 32.2. The summed E-state index contributed by atoms with van der Waals surface area (Å²) in [6.07, 6.45) is 3.36. The molecule has 2 amide bonds. The van der Waals surface area contributed by atoms with Crippen molar-refractivity contribution in [1.82, 2.24) is 10.2 Å².